The Labute approximate surface area is 188 Å². The molecule has 1 fully saturated rings. The summed E-state index contributed by atoms with van der Waals surface area (Å²) in [5.74, 6) is -0.252. The van der Waals surface area contributed by atoms with Crippen LogP contribution in [0.25, 0.3) is 11.0 Å². The van der Waals surface area contributed by atoms with Gasteiger partial charge in [0.15, 0.2) is 5.65 Å². The molecule has 3 rings (SSSR count). The van der Waals surface area contributed by atoms with Crippen molar-refractivity contribution in [2.75, 3.05) is 6.54 Å². The summed E-state index contributed by atoms with van der Waals surface area (Å²) < 4.78 is 1.45. The van der Waals surface area contributed by atoms with Crippen molar-refractivity contribution in [3.63, 3.8) is 0 Å². The lowest BCUT2D eigenvalue weighted by Crippen LogP contribution is -2.52. The minimum atomic E-state index is -0.574. The molecule has 2 aromatic heterocycles. The fourth-order valence-corrected chi connectivity index (χ4v) is 3.69. The first kappa shape index (κ1) is 26.1. The average molecular weight is 460 g/mol. The van der Waals surface area contributed by atoms with Crippen LogP contribution in [0.3, 0.4) is 0 Å². The van der Waals surface area contributed by atoms with Crippen molar-refractivity contribution in [1.29, 1.82) is 0 Å². The van der Waals surface area contributed by atoms with Crippen LogP contribution in [0.2, 0.25) is 0 Å². The van der Waals surface area contributed by atoms with Gasteiger partial charge in [0, 0.05) is 24.3 Å². The molecule has 3 heterocycles. The Bertz CT molecular complexity index is 1000. The number of aromatic amines is 1. The molecule has 0 radical (unpaired) electrons. The van der Waals surface area contributed by atoms with Gasteiger partial charge in [0.1, 0.15) is 0 Å². The minimum Gasteiger partial charge on any atom is -0.348 e. The van der Waals surface area contributed by atoms with E-state index in [0.29, 0.717) is 18.7 Å². The molecule has 1 saturated heterocycles. The van der Waals surface area contributed by atoms with E-state index in [0.717, 1.165) is 19.4 Å². The van der Waals surface area contributed by atoms with Gasteiger partial charge in [0.25, 0.3) is 11.5 Å². The summed E-state index contributed by atoms with van der Waals surface area (Å²) in [5.41, 5.74) is 0.168. The van der Waals surface area contributed by atoms with Crippen LogP contribution < -0.4 is 21.9 Å². The first-order chi connectivity index (χ1) is 13.3. The second kappa shape index (κ2) is 10.9. The molecule has 1 aliphatic heterocycles. The number of carbonyl (C=O) groups excluding carboxylic acids is 1. The normalized spacial score (nSPS) is 18.6. The lowest BCUT2D eigenvalue weighted by molar-refractivity contribution is 0.0921. The second-order valence-corrected chi connectivity index (χ2v) is 7.82. The Kier molecular flexibility index (Phi) is 9.52. The van der Waals surface area contributed by atoms with Crippen molar-refractivity contribution in [3.05, 3.63) is 38.2 Å². The topological polar surface area (TPSA) is 109 Å². The lowest BCUT2D eigenvalue weighted by atomic mass is 9.98. The SMILES string of the molecule is CCCn1c(=O)[nH]c(=O)c2c(C(=O)NC3CCCNC3C)cc(C(C)C)nc21.Cl.Cl. The quantitative estimate of drug-likeness (QED) is 0.635. The van der Waals surface area contributed by atoms with Crippen LogP contribution in [0.4, 0.5) is 0 Å². The number of halogens is 2. The van der Waals surface area contributed by atoms with Crippen LogP contribution in [-0.2, 0) is 6.54 Å². The molecule has 2 atom stereocenters. The van der Waals surface area contributed by atoms with Gasteiger partial charge in [-0.2, -0.15) is 0 Å². The molecule has 3 N–H and O–H groups in total. The van der Waals surface area contributed by atoms with Gasteiger partial charge in [-0.1, -0.05) is 20.8 Å². The highest BCUT2D eigenvalue weighted by molar-refractivity contribution is 6.05. The second-order valence-electron chi connectivity index (χ2n) is 7.82. The number of carbonyl (C=O) groups is 1. The van der Waals surface area contributed by atoms with Gasteiger partial charge < -0.3 is 10.6 Å². The van der Waals surface area contributed by atoms with Crippen LogP contribution in [0.1, 0.15) is 68.9 Å². The summed E-state index contributed by atoms with van der Waals surface area (Å²) in [4.78, 5) is 45.0. The molecule has 10 heteroatoms. The summed E-state index contributed by atoms with van der Waals surface area (Å²) in [6.07, 6.45) is 2.58. The summed E-state index contributed by atoms with van der Waals surface area (Å²) in [6.45, 7) is 9.29. The van der Waals surface area contributed by atoms with Gasteiger partial charge >= 0.3 is 5.69 Å². The molecule has 0 saturated carbocycles. The number of aromatic nitrogens is 3. The standard InChI is InChI=1S/C20H29N5O3.2ClH/c1-5-9-25-17-16(19(27)24-20(25)28)13(10-15(22-17)11(2)3)18(26)23-14-7-6-8-21-12(14)4;;/h10-12,14,21H,5-9H2,1-4H3,(H,23,26)(H,24,27,28);2*1H. The predicted octanol–water partition coefficient (Wildman–Crippen LogP) is 2.33. The van der Waals surface area contributed by atoms with Crippen molar-refractivity contribution in [2.24, 2.45) is 0 Å². The molecule has 168 valence electrons. The monoisotopic (exact) mass is 459 g/mol. The number of hydrogen-bond acceptors (Lipinski definition) is 5. The van der Waals surface area contributed by atoms with Crippen LogP contribution in [0.5, 0.6) is 0 Å². The fraction of sp³-hybridized carbons (Fsp3) is 0.600. The van der Waals surface area contributed by atoms with Crippen LogP contribution in [0, 0.1) is 0 Å². The molecular weight excluding hydrogens is 429 g/mol. The van der Waals surface area contributed by atoms with E-state index in [2.05, 4.69) is 20.6 Å². The van der Waals surface area contributed by atoms with E-state index in [1.54, 1.807) is 6.07 Å². The van der Waals surface area contributed by atoms with Gasteiger partial charge in [-0.25, -0.2) is 9.78 Å². The first-order valence-corrected chi connectivity index (χ1v) is 10.1. The Morgan fingerprint density at radius 3 is 2.63 bits per heavy atom. The van der Waals surface area contributed by atoms with E-state index in [1.807, 2.05) is 27.7 Å². The van der Waals surface area contributed by atoms with Crippen molar-refractivity contribution in [2.45, 2.75) is 71.5 Å². The van der Waals surface area contributed by atoms with Crippen LogP contribution >= 0.6 is 24.8 Å². The number of H-pyrrole nitrogens is 1. The Hall–Kier alpha value is -1.90. The van der Waals surface area contributed by atoms with E-state index in [4.69, 9.17) is 0 Å². The minimum absolute atomic E-state index is 0. The highest BCUT2D eigenvalue weighted by Gasteiger charge is 2.26. The number of hydrogen-bond donors (Lipinski definition) is 3. The highest BCUT2D eigenvalue weighted by atomic mass is 35.5. The molecular formula is C20H31Cl2N5O3. The Morgan fingerprint density at radius 2 is 2.03 bits per heavy atom. The largest absolute Gasteiger partial charge is 0.348 e. The van der Waals surface area contributed by atoms with Gasteiger partial charge in [0.05, 0.1) is 10.9 Å². The zero-order chi connectivity index (χ0) is 20.4. The van der Waals surface area contributed by atoms with Gasteiger partial charge in [-0.05, 0) is 44.7 Å². The Morgan fingerprint density at radius 1 is 1.33 bits per heavy atom. The zero-order valence-electron chi connectivity index (χ0n) is 17.8. The van der Waals surface area contributed by atoms with E-state index in [9.17, 15) is 14.4 Å². The van der Waals surface area contributed by atoms with Gasteiger partial charge in [-0.3, -0.25) is 19.1 Å². The molecule has 1 amide bonds. The summed E-state index contributed by atoms with van der Waals surface area (Å²) in [5, 5.41) is 6.60. The maximum absolute atomic E-state index is 13.1. The summed E-state index contributed by atoms with van der Waals surface area (Å²) >= 11 is 0. The summed E-state index contributed by atoms with van der Waals surface area (Å²) in [7, 11) is 0. The molecule has 8 nitrogen and oxygen atoms in total. The molecule has 2 unspecified atom stereocenters. The van der Waals surface area contributed by atoms with Crippen LogP contribution in [0.15, 0.2) is 15.7 Å². The third kappa shape index (κ3) is 5.22. The van der Waals surface area contributed by atoms with E-state index in [1.165, 1.54) is 4.57 Å². The highest BCUT2D eigenvalue weighted by Crippen LogP contribution is 2.20. The van der Waals surface area contributed by atoms with Crippen molar-refractivity contribution in [3.8, 4) is 0 Å². The van der Waals surface area contributed by atoms with Crippen molar-refractivity contribution < 1.29 is 4.79 Å². The van der Waals surface area contributed by atoms with Crippen molar-refractivity contribution in [1.82, 2.24) is 25.2 Å². The third-order valence-electron chi connectivity index (χ3n) is 5.33. The molecule has 0 aliphatic carbocycles. The van der Waals surface area contributed by atoms with Gasteiger partial charge in [0.2, 0.25) is 0 Å². The number of piperidine rings is 1. The molecule has 0 aromatic carbocycles. The van der Waals surface area contributed by atoms with E-state index in [-0.39, 0.29) is 65.3 Å². The number of rotatable bonds is 5. The average Bonchev–Trinajstić information content (AvgIpc) is 2.65. The Balaban J connectivity index is 0.00000225. The number of pyridine rings is 1. The number of nitrogens with zero attached hydrogens (tertiary/aromatic N) is 2. The predicted molar refractivity (Wildman–Crippen MR) is 123 cm³/mol. The number of aryl methyl sites for hydroxylation is 1. The van der Waals surface area contributed by atoms with E-state index < -0.39 is 11.2 Å². The smallest absolute Gasteiger partial charge is 0.329 e. The van der Waals surface area contributed by atoms with Gasteiger partial charge in [-0.15, -0.1) is 24.8 Å². The molecule has 0 bridgehead atoms. The number of nitrogens with one attached hydrogen (secondary N) is 3. The zero-order valence-corrected chi connectivity index (χ0v) is 19.4. The third-order valence-corrected chi connectivity index (χ3v) is 5.33. The molecule has 1 aliphatic rings. The fourth-order valence-electron chi connectivity index (χ4n) is 3.69. The first-order valence-electron chi connectivity index (χ1n) is 10.1. The lowest BCUT2D eigenvalue weighted by Gasteiger charge is -2.30. The molecule has 2 aromatic rings. The van der Waals surface area contributed by atoms with E-state index >= 15 is 0 Å². The number of fused-ring (bicyclic) bond motifs is 1. The summed E-state index contributed by atoms with van der Waals surface area (Å²) in [6, 6.07) is 1.83. The van der Waals surface area contributed by atoms with Crippen LogP contribution in [-0.4, -0.2) is 39.1 Å². The molecule has 0 spiro atoms. The number of amides is 1. The van der Waals surface area contributed by atoms with Crippen molar-refractivity contribution >= 4 is 41.8 Å². The molecule has 30 heavy (non-hydrogen) atoms. The maximum Gasteiger partial charge on any atom is 0.329 e. The maximum atomic E-state index is 13.1.